The first-order chi connectivity index (χ1) is 15.3. The van der Waals surface area contributed by atoms with Crippen LogP contribution in [0, 0.1) is 0 Å². The van der Waals surface area contributed by atoms with Gasteiger partial charge in [0.25, 0.3) is 11.8 Å². The molecule has 32 heavy (non-hydrogen) atoms. The summed E-state index contributed by atoms with van der Waals surface area (Å²) in [5.74, 6) is 1.94. The highest BCUT2D eigenvalue weighted by Gasteiger charge is 2.35. The molecule has 2 amide bonds. The summed E-state index contributed by atoms with van der Waals surface area (Å²) in [6, 6.07) is 9.89. The molecule has 1 fully saturated rings. The number of ether oxygens (including phenoxy) is 4. The van der Waals surface area contributed by atoms with Crippen molar-refractivity contribution in [3.05, 3.63) is 47.5 Å². The van der Waals surface area contributed by atoms with Crippen LogP contribution in [0.5, 0.6) is 23.0 Å². The summed E-state index contributed by atoms with van der Waals surface area (Å²) in [5, 5.41) is 0. The van der Waals surface area contributed by atoms with Gasteiger partial charge in [0, 0.05) is 48.4 Å². The van der Waals surface area contributed by atoms with Gasteiger partial charge in [-0.3, -0.25) is 9.59 Å². The molecule has 172 valence electrons. The highest BCUT2D eigenvalue weighted by Crippen LogP contribution is 2.28. The molecule has 0 aliphatic carbocycles. The Bertz CT molecular complexity index is 868. The maximum atomic E-state index is 13.3. The first-order valence-electron chi connectivity index (χ1n) is 10.4. The zero-order valence-electron chi connectivity index (χ0n) is 19.4. The van der Waals surface area contributed by atoms with E-state index in [1.54, 1.807) is 74.6 Å². The van der Waals surface area contributed by atoms with E-state index >= 15 is 0 Å². The largest absolute Gasteiger partial charge is 0.497 e. The van der Waals surface area contributed by atoms with Crippen molar-refractivity contribution in [2.45, 2.75) is 25.9 Å². The zero-order chi connectivity index (χ0) is 23.4. The van der Waals surface area contributed by atoms with E-state index in [-0.39, 0.29) is 23.9 Å². The van der Waals surface area contributed by atoms with E-state index < -0.39 is 0 Å². The van der Waals surface area contributed by atoms with Gasteiger partial charge in [0.05, 0.1) is 28.4 Å². The molecular formula is C24H30N2O6. The smallest absolute Gasteiger partial charge is 0.254 e. The van der Waals surface area contributed by atoms with E-state index in [1.165, 1.54) is 0 Å². The molecular weight excluding hydrogens is 412 g/mol. The minimum atomic E-state index is -0.174. The lowest BCUT2D eigenvalue weighted by Crippen LogP contribution is -2.59. The van der Waals surface area contributed by atoms with E-state index in [9.17, 15) is 9.59 Å². The van der Waals surface area contributed by atoms with Crippen LogP contribution in [-0.4, -0.2) is 75.2 Å². The summed E-state index contributed by atoms with van der Waals surface area (Å²) in [6.45, 7) is 4.69. The zero-order valence-corrected chi connectivity index (χ0v) is 19.4. The fraction of sp³-hybridized carbons (Fsp3) is 0.417. The Morgan fingerprint density at radius 2 is 0.906 bits per heavy atom. The molecule has 8 nitrogen and oxygen atoms in total. The Morgan fingerprint density at radius 3 is 1.16 bits per heavy atom. The number of amides is 2. The van der Waals surface area contributed by atoms with Gasteiger partial charge in [0.15, 0.2) is 0 Å². The van der Waals surface area contributed by atoms with Crippen molar-refractivity contribution >= 4 is 11.8 Å². The molecule has 1 aliphatic heterocycles. The lowest BCUT2D eigenvalue weighted by atomic mass is 10.0. The third-order valence-corrected chi connectivity index (χ3v) is 5.70. The van der Waals surface area contributed by atoms with Gasteiger partial charge in [-0.15, -0.1) is 0 Å². The van der Waals surface area contributed by atoms with Gasteiger partial charge in [-0.25, -0.2) is 0 Å². The van der Waals surface area contributed by atoms with Crippen molar-refractivity contribution in [2.75, 3.05) is 41.5 Å². The fourth-order valence-electron chi connectivity index (χ4n) is 3.89. The van der Waals surface area contributed by atoms with Crippen LogP contribution in [0.3, 0.4) is 0 Å². The molecule has 2 aromatic rings. The van der Waals surface area contributed by atoms with Gasteiger partial charge in [0.2, 0.25) is 0 Å². The summed E-state index contributed by atoms with van der Waals surface area (Å²) < 4.78 is 21.2. The second-order valence-electron chi connectivity index (χ2n) is 7.82. The molecule has 0 spiro atoms. The Kier molecular flexibility index (Phi) is 7.12. The van der Waals surface area contributed by atoms with E-state index in [0.717, 1.165) is 0 Å². The van der Waals surface area contributed by atoms with Gasteiger partial charge in [-0.1, -0.05) is 0 Å². The summed E-state index contributed by atoms with van der Waals surface area (Å²) >= 11 is 0. The predicted molar refractivity (Wildman–Crippen MR) is 120 cm³/mol. The predicted octanol–water partition coefficient (Wildman–Crippen LogP) is 3.10. The molecule has 8 heteroatoms. The lowest BCUT2D eigenvalue weighted by molar-refractivity contribution is 0.0269. The normalized spacial score (nSPS) is 18.2. The Morgan fingerprint density at radius 1 is 0.625 bits per heavy atom. The third kappa shape index (κ3) is 4.74. The van der Waals surface area contributed by atoms with Crippen molar-refractivity contribution < 1.29 is 28.5 Å². The summed E-state index contributed by atoms with van der Waals surface area (Å²) in [6.07, 6.45) is 0. The Balaban J connectivity index is 1.81. The van der Waals surface area contributed by atoms with E-state index in [2.05, 4.69) is 0 Å². The Labute approximate surface area is 188 Å². The number of benzene rings is 2. The minimum Gasteiger partial charge on any atom is -0.497 e. The second kappa shape index (κ2) is 9.80. The monoisotopic (exact) mass is 442 g/mol. The first-order valence-corrected chi connectivity index (χ1v) is 10.4. The molecule has 2 atom stereocenters. The topological polar surface area (TPSA) is 77.5 Å². The van der Waals surface area contributed by atoms with Crippen LogP contribution in [0.1, 0.15) is 34.6 Å². The number of carbonyl (C=O) groups is 2. The SMILES string of the molecule is COc1cc(OC)cc(C(=O)N2CC(C)N(C(=O)c3cc(OC)cc(OC)c3)CC2C)c1. The van der Waals surface area contributed by atoms with E-state index in [4.69, 9.17) is 18.9 Å². The van der Waals surface area contributed by atoms with Gasteiger partial charge < -0.3 is 28.7 Å². The summed E-state index contributed by atoms with van der Waals surface area (Å²) in [5.41, 5.74) is 0.968. The van der Waals surface area contributed by atoms with E-state index in [1.807, 2.05) is 13.8 Å². The fourth-order valence-corrected chi connectivity index (χ4v) is 3.89. The summed E-state index contributed by atoms with van der Waals surface area (Å²) in [4.78, 5) is 30.1. The van der Waals surface area contributed by atoms with Crippen LogP contribution >= 0.6 is 0 Å². The minimum absolute atomic E-state index is 0.128. The van der Waals surface area contributed by atoms with Crippen LogP contribution in [-0.2, 0) is 0 Å². The molecule has 1 saturated heterocycles. The maximum Gasteiger partial charge on any atom is 0.254 e. The van der Waals surface area contributed by atoms with E-state index in [0.29, 0.717) is 47.2 Å². The number of hydrogen-bond donors (Lipinski definition) is 0. The van der Waals surface area contributed by atoms with Gasteiger partial charge in [-0.2, -0.15) is 0 Å². The molecule has 1 aliphatic rings. The van der Waals surface area contributed by atoms with Crippen LogP contribution in [0.2, 0.25) is 0 Å². The number of piperazine rings is 1. The molecule has 2 unspecified atom stereocenters. The van der Waals surface area contributed by atoms with Crippen molar-refractivity contribution in [1.29, 1.82) is 0 Å². The van der Waals surface area contributed by atoms with Gasteiger partial charge >= 0.3 is 0 Å². The highest BCUT2D eigenvalue weighted by molar-refractivity contribution is 5.97. The standard InChI is InChI=1S/C24H30N2O6/c1-15-13-26(24(28)18-9-21(31-5)12-22(10-18)32-6)16(2)14-25(15)23(27)17-7-19(29-3)11-20(8-17)30-4/h7-12,15-16H,13-14H2,1-6H3. The molecule has 2 aromatic carbocycles. The number of nitrogens with zero attached hydrogens (tertiary/aromatic N) is 2. The van der Waals surface area contributed by atoms with Crippen molar-refractivity contribution in [3.63, 3.8) is 0 Å². The van der Waals surface area contributed by atoms with Crippen LogP contribution in [0.15, 0.2) is 36.4 Å². The molecule has 1 heterocycles. The molecule has 0 aromatic heterocycles. The molecule has 0 radical (unpaired) electrons. The number of methoxy groups -OCH3 is 4. The van der Waals surface area contributed by atoms with Crippen molar-refractivity contribution in [3.8, 4) is 23.0 Å². The Hall–Kier alpha value is -3.42. The second-order valence-corrected chi connectivity index (χ2v) is 7.82. The summed E-state index contributed by atoms with van der Waals surface area (Å²) in [7, 11) is 6.19. The number of hydrogen-bond acceptors (Lipinski definition) is 6. The molecule has 3 rings (SSSR count). The van der Waals surface area contributed by atoms with Gasteiger partial charge in [0.1, 0.15) is 23.0 Å². The number of carbonyl (C=O) groups excluding carboxylic acids is 2. The van der Waals surface area contributed by atoms with Crippen LogP contribution in [0.4, 0.5) is 0 Å². The molecule has 0 bridgehead atoms. The van der Waals surface area contributed by atoms with Gasteiger partial charge in [-0.05, 0) is 38.1 Å². The molecule has 0 N–H and O–H groups in total. The van der Waals surface area contributed by atoms with Crippen molar-refractivity contribution in [1.82, 2.24) is 9.80 Å². The average Bonchev–Trinajstić information content (AvgIpc) is 2.83. The average molecular weight is 443 g/mol. The number of rotatable bonds is 6. The first kappa shape index (κ1) is 23.2. The quantitative estimate of drug-likeness (QED) is 0.684. The lowest BCUT2D eigenvalue weighted by Gasteiger charge is -2.44. The van der Waals surface area contributed by atoms with Crippen LogP contribution < -0.4 is 18.9 Å². The van der Waals surface area contributed by atoms with Crippen molar-refractivity contribution in [2.24, 2.45) is 0 Å². The maximum absolute atomic E-state index is 13.3. The third-order valence-electron chi connectivity index (χ3n) is 5.70. The highest BCUT2D eigenvalue weighted by atomic mass is 16.5. The van der Waals surface area contributed by atoms with Crippen LogP contribution in [0.25, 0.3) is 0 Å². The molecule has 0 saturated carbocycles.